The molecule has 4 fully saturated rings. The second kappa shape index (κ2) is 12.2. The number of anilines is 1. The number of carbonyl (C=O) groups is 2. The predicted molar refractivity (Wildman–Crippen MR) is 175 cm³/mol. The van der Waals surface area contributed by atoms with E-state index >= 15 is 0 Å². The molecule has 0 spiro atoms. The lowest BCUT2D eigenvalue weighted by molar-refractivity contribution is -0.181. The Morgan fingerprint density at radius 3 is 2.29 bits per heavy atom. The van der Waals surface area contributed by atoms with Gasteiger partial charge in [-0.3, -0.25) is 23.6 Å². The Morgan fingerprint density at radius 1 is 0.958 bits per heavy atom. The number of primary amides is 1. The minimum Gasteiger partial charge on any atom is -0.390 e. The van der Waals surface area contributed by atoms with Gasteiger partial charge in [0.2, 0.25) is 11.8 Å². The fraction of sp³-hybridized carbons (Fsp3) is 0.371. The molecule has 4 aliphatic carbocycles. The van der Waals surface area contributed by atoms with Crippen molar-refractivity contribution in [2.24, 2.45) is 23.0 Å². The summed E-state index contributed by atoms with van der Waals surface area (Å²) in [6.45, 7) is -0.502. The molecule has 4 saturated carbocycles. The first kappa shape index (κ1) is 33.5. The van der Waals surface area contributed by atoms with E-state index in [9.17, 15) is 32.7 Å². The normalized spacial score (nSPS) is 24.9. The van der Waals surface area contributed by atoms with Crippen LogP contribution in [-0.4, -0.2) is 36.9 Å². The van der Waals surface area contributed by atoms with Gasteiger partial charge in [0.05, 0.1) is 22.6 Å². The number of hydrogen-bond acceptors (Lipinski definition) is 5. The molecule has 0 aliphatic heterocycles. The van der Waals surface area contributed by atoms with E-state index in [2.05, 4.69) is 5.32 Å². The second-order valence-electron chi connectivity index (χ2n) is 13.5. The zero-order chi connectivity index (χ0) is 33.1. The Morgan fingerprint density at radius 2 is 1.65 bits per heavy atom. The molecule has 4 aliphatic rings. The van der Waals surface area contributed by atoms with Crippen LogP contribution < -0.4 is 16.6 Å². The number of carbonyl (C=O) groups excluding carboxylic acids is 2. The SMILES string of the molecule is Cl.NC(=O)C(n1nc(-c2cccc(=O)n2CC(=O)Nc2cccc(C(F)(F)F)c2)cc1-c1ccccc1)C12C[C@@H]3C[C@@H](CC(O)(C3)C1)C2. The average molecular weight is 682 g/mol. The Labute approximate surface area is 280 Å². The molecule has 2 aromatic carbocycles. The molecular formula is C35H35ClF3N5O4. The fourth-order valence-electron chi connectivity index (χ4n) is 8.85. The first-order valence-corrected chi connectivity index (χ1v) is 15.7. The summed E-state index contributed by atoms with van der Waals surface area (Å²) >= 11 is 0. The number of halogens is 4. The monoisotopic (exact) mass is 681 g/mol. The minimum absolute atomic E-state index is 0. The largest absolute Gasteiger partial charge is 0.416 e. The molecule has 4 N–H and O–H groups in total. The van der Waals surface area contributed by atoms with Crippen LogP contribution in [0, 0.1) is 17.3 Å². The molecule has 13 heteroatoms. The predicted octanol–water partition coefficient (Wildman–Crippen LogP) is 5.82. The molecular weight excluding hydrogens is 647 g/mol. The van der Waals surface area contributed by atoms with Crippen LogP contribution in [0.1, 0.15) is 50.1 Å². The summed E-state index contributed by atoms with van der Waals surface area (Å²) in [6.07, 6.45) is -0.212. The maximum Gasteiger partial charge on any atom is 0.416 e. The highest BCUT2D eigenvalue weighted by atomic mass is 35.5. The molecule has 8 rings (SSSR count). The van der Waals surface area contributed by atoms with E-state index in [0.29, 0.717) is 30.7 Å². The standard InChI is InChI=1S/C35H34F3N5O4.ClH/c36-35(37,38)24-8-4-9-25(13-24)40-29(44)19-42-27(10-5-11-30(42)45)26-14-28(23-6-2-1-3-7-23)43(41-26)31(32(39)46)33-15-21-12-22(16-33)18-34(47,17-21)20-33;/h1-11,13-14,21-22,31,47H,12,15-20H2,(H2,39,46)(H,40,44);1H/t21-,22+,31?,33?,34?;. The zero-order valence-electron chi connectivity index (χ0n) is 25.8. The smallest absolute Gasteiger partial charge is 0.390 e. The van der Waals surface area contributed by atoms with Gasteiger partial charge >= 0.3 is 6.18 Å². The molecule has 2 amide bonds. The molecule has 4 bridgehead atoms. The van der Waals surface area contributed by atoms with Gasteiger partial charge < -0.3 is 16.2 Å². The lowest BCUT2D eigenvalue weighted by atomic mass is 9.46. The number of benzene rings is 2. The molecule has 2 heterocycles. The summed E-state index contributed by atoms with van der Waals surface area (Å²) in [4.78, 5) is 39.7. The van der Waals surface area contributed by atoms with Gasteiger partial charge in [0, 0.05) is 17.2 Å². The van der Waals surface area contributed by atoms with Crippen LogP contribution in [0.4, 0.5) is 18.9 Å². The number of pyridine rings is 1. The van der Waals surface area contributed by atoms with Crippen LogP contribution in [0.5, 0.6) is 0 Å². The van der Waals surface area contributed by atoms with E-state index in [1.54, 1.807) is 16.8 Å². The summed E-state index contributed by atoms with van der Waals surface area (Å²) in [6, 6.07) is 18.9. The van der Waals surface area contributed by atoms with Crippen molar-refractivity contribution in [2.45, 2.75) is 62.9 Å². The Balaban J connectivity index is 0.00000401. The highest BCUT2D eigenvalue weighted by Gasteiger charge is 2.61. The lowest BCUT2D eigenvalue weighted by Gasteiger charge is -2.61. The molecule has 4 aromatic rings. The van der Waals surface area contributed by atoms with Crippen molar-refractivity contribution in [3.8, 4) is 22.6 Å². The number of aromatic nitrogens is 3. The number of nitrogens with zero attached hydrogens (tertiary/aromatic N) is 3. The number of alkyl halides is 3. The summed E-state index contributed by atoms with van der Waals surface area (Å²) < 4.78 is 42.5. The summed E-state index contributed by atoms with van der Waals surface area (Å²) in [5.74, 6) is -0.701. The zero-order valence-corrected chi connectivity index (χ0v) is 26.6. The third-order valence-corrected chi connectivity index (χ3v) is 10.1. The fourth-order valence-corrected chi connectivity index (χ4v) is 8.85. The van der Waals surface area contributed by atoms with Gasteiger partial charge in [-0.2, -0.15) is 18.3 Å². The van der Waals surface area contributed by atoms with Crippen molar-refractivity contribution in [2.75, 3.05) is 5.32 Å². The average Bonchev–Trinajstić information content (AvgIpc) is 3.41. The molecule has 252 valence electrons. The number of nitrogens with one attached hydrogen (secondary N) is 1. The summed E-state index contributed by atoms with van der Waals surface area (Å²) in [7, 11) is 0. The maximum atomic E-state index is 13.5. The Hall–Kier alpha value is -4.42. The summed E-state index contributed by atoms with van der Waals surface area (Å²) in [5.41, 5.74) is 5.18. The Kier molecular flexibility index (Phi) is 8.53. The van der Waals surface area contributed by atoms with Crippen LogP contribution in [0.3, 0.4) is 0 Å². The van der Waals surface area contributed by atoms with Gasteiger partial charge in [-0.1, -0.05) is 42.5 Å². The molecule has 5 atom stereocenters. The van der Waals surface area contributed by atoms with E-state index < -0.39 is 52.7 Å². The highest BCUT2D eigenvalue weighted by molar-refractivity contribution is 5.91. The maximum absolute atomic E-state index is 13.5. The van der Waals surface area contributed by atoms with Crippen LogP contribution in [-0.2, 0) is 22.3 Å². The molecule has 0 radical (unpaired) electrons. The van der Waals surface area contributed by atoms with Crippen LogP contribution in [0.2, 0.25) is 0 Å². The van der Waals surface area contributed by atoms with Gasteiger partial charge in [0.25, 0.3) is 5.56 Å². The van der Waals surface area contributed by atoms with Gasteiger partial charge in [-0.25, -0.2) is 0 Å². The number of aliphatic hydroxyl groups is 1. The van der Waals surface area contributed by atoms with Crippen molar-refractivity contribution in [3.63, 3.8) is 0 Å². The Bertz CT molecular complexity index is 1910. The number of amides is 2. The second-order valence-corrected chi connectivity index (χ2v) is 13.5. The highest BCUT2D eigenvalue weighted by Crippen LogP contribution is 2.65. The van der Waals surface area contributed by atoms with E-state index in [4.69, 9.17) is 10.8 Å². The van der Waals surface area contributed by atoms with Crippen molar-refractivity contribution < 1.29 is 27.9 Å². The molecule has 9 nitrogen and oxygen atoms in total. The van der Waals surface area contributed by atoms with E-state index in [-0.39, 0.29) is 35.6 Å². The van der Waals surface area contributed by atoms with Crippen molar-refractivity contribution in [1.82, 2.24) is 14.3 Å². The van der Waals surface area contributed by atoms with E-state index in [0.717, 1.165) is 37.0 Å². The lowest BCUT2D eigenvalue weighted by Crippen LogP contribution is -2.59. The third-order valence-electron chi connectivity index (χ3n) is 10.1. The summed E-state index contributed by atoms with van der Waals surface area (Å²) in [5, 5.41) is 18.9. The first-order chi connectivity index (χ1) is 22.3. The van der Waals surface area contributed by atoms with Crippen LogP contribution in [0.15, 0.2) is 83.7 Å². The quantitative estimate of drug-likeness (QED) is 0.216. The van der Waals surface area contributed by atoms with Crippen LogP contribution >= 0.6 is 12.4 Å². The van der Waals surface area contributed by atoms with Crippen molar-refractivity contribution in [3.05, 3.63) is 94.8 Å². The third kappa shape index (κ3) is 6.14. The first-order valence-electron chi connectivity index (χ1n) is 15.7. The molecule has 0 saturated heterocycles. The molecule has 3 unspecified atom stereocenters. The number of nitrogens with two attached hydrogens (primary N) is 1. The molecule has 48 heavy (non-hydrogen) atoms. The van der Waals surface area contributed by atoms with Crippen molar-refractivity contribution >= 4 is 29.9 Å². The molecule has 2 aromatic heterocycles. The van der Waals surface area contributed by atoms with Crippen LogP contribution in [0.25, 0.3) is 22.6 Å². The van der Waals surface area contributed by atoms with Gasteiger partial charge in [0.1, 0.15) is 18.3 Å². The number of hydrogen-bond donors (Lipinski definition) is 3. The van der Waals surface area contributed by atoms with Crippen molar-refractivity contribution in [1.29, 1.82) is 0 Å². The van der Waals surface area contributed by atoms with Gasteiger partial charge in [0.15, 0.2) is 0 Å². The van der Waals surface area contributed by atoms with E-state index in [1.807, 2.05) is 30.3 Å². The minimum atomic E-state index is -4.59. The van der Waals surface area contributed by atoms with E-state index in [1.165, 1.54) is 28.8 Å². The van der Waals surface area contributed by atoms with Gasteiger partial charge in [-0.15, -0.1) is 12.4 Å². The topological polar surface area (TPSA) is 132 Å². The number of rotatable bonds is 8. The van der Waals surface area contributed by atoms with Gasteiger partial charge in [-0.05, 0) is 86.3 Å².